The van der Waals surface area contributed by atoms with Gasteiger partial charge < -0.3 is 20.7 Å². The van der Waals surface area contributed by atoms with E-state index in [4.69, 9.17) is 10.5 Å². The minimum absolute atomic E-state index is 0.0747. The predicted molar refractivity (Wildman–Crippen MR) is 95.7 cm³/mol. The van der Waals surface area contributed by atoms with Gasteiger partial charge >= 0.3 is 6.09 Å². The Morgan fingerprint density at radius 1 is 1.33 bits per heavy atom. The molecule has 3 N–H and O–H groups in total. The van der Waals surface area contributed by atoms with Gasteiger partial charge in [-0.25, -0.2) is 4.79 Å². The van der Waals surface area contributed by atoms with Gasteiger partial charge in [0.2, 0.25) is 5.91 Å². The molecule has 1 fully saturated rings. The number of alkyl carbamates (subject to hydrolysis) is 1. The van der Waals surface area contributed by atoms with E-state index in [9.17, 15) is 9.59 Å². The SMILES string of the molecule is CCCCN1CCCCC(N)(CCCNC(=O)OC(C)(C)C)C1=O. The number of nitrogens with two attached hydrogens (primary N) is 1. The molecule has 0 aromatic heterocycles. The van der Waals surface area contributed by atoms with Gasteiger partial charge in [0, 0.05) is 19.6 Å². The lowest BCUT2D eigenvalue weighted by Crippen LogP contribution is -2.54. The molecule has 24 heavy (non-hydrogen) atoms. The first kappa shape index (κ1) is 20.7. The van der Waals surface area contributed by atoms with Crippen molar-refractivity contribution in [2.45, 2.75) is 83.8 Å². The third kappa shape index (κ3) is 7.07. The molecule has 1 atom stereocenters. The molecule has 1 unspecified atom stereocenters. The number of rotatable bonds is 7. The van der Waals surface area contributed by atoms with Crippen LogP contribution in [0.4, 0.5) is 4.79 Å². The van der Waals surface area contributed by atoms with Crippen molar-refractivity contribution < 1.29 is 14.3 Å². The Labute approximate surface area is 146 Å². The standard InChI is InChI=1S/C18H35N3O3/c1-5-6-13-21-14-8-7-10-18(19,15(21)22)11-9-12-20-16(23)24-17(2,3)4/h5-14,19H2,1-4H3,(H,20,23). The van der Waals surface area contributed by atoms with Crippen LogP contribution in [0.5, 0.6) is 0 Å². The number of hydrogen-bond acceptors (Lipinski definition) is 4. The lowest BCUT2D eigenvalue weighted by molar-refractivity contribution is -0.136. The number of carbonyl (C=O) groups excluding carboxylic acids is 2. The average Bonchev–Trinajstić information content (AvgIpc) is 2.61. The van der Waals surface area contributed by atoms with E-state index in [0.29, 0.717) is 19.4 Å². The van der Waals surface area contributed by atoms with Crippen molar-refractivity contribution >= 4 is 12.0 Å². The molecule has 1 heterocycles. The van der Waals surface area contributed by atoms with Gasteiger partial charge in [-0.2, -0.15) is 0 Å². The monoisotopic (exact) mass is 341 g/mol. The molecule has 0 aliphatic carbocycles. The molecular weight excluding hydrogens is 306 g/mol. The van der Waals surface area contributed by atoms with Crippen molar-refractivity contribution in [2.24, 2.45) is 5.73 Å². The summed E-state index contributed by atoms with van der Waals surface area (Å²) in [5.74, 6) is 0.0747. The fourth-order valence-corrected chi connectivity index (χ4v) is 2.97. The maximum atomic E-state index is 12.8. The van der Waals surface area contributed by atoms with Crippen LogP contribution in [0.1, 0.15) is 72.6 Å². The van der Waals surface area contributed by atoms with Crippen molar-refractivity contribution in [1.82, 2.24) is 10.2 Å². The van der Waals surface area contributed by atoms with Crippen LogP contribution in [0.3, 0.4) is 0 Å². The summed E-state index contributed by atoms with van der Waals surface area (Å²) in [5, 5.41) is 2.73. The zero-order chi connectivity index (χ0) is 18.2. The molecule has 0 aromatic rings. The maximum Gasteiger partial charge on any atom is 0.407 e. The van der Waals surface area contributed by atoms with E-state index >= 15 is 0 Å². The predicted octanol–water partition coefficient (Wildman–Crippen LogP) is 2.80. The van der Waals surface area contributed by atoms with Crippen LogP contribution in [-0.2, 0) is 9.53 Å². The quantitative estimate of drug-likeness (QED) is 0.697. The zero-order valence-electron chi connectivity index (χ0n) is 15.8. The first-order chi connectivity index (χ1) is 11.2. The van der Waals surface area contributed by atoms with E-state index in [2.05, 4.69) is 12.2 Å². The van der Waals surface area contributed by atoms with Crippen LogP contribution in [0, 0.1) is 0 Å². The first-order valence-corrected chi connectivity index (χ1v) is 9.23. The van der Waals surface area contributed by atoms with Gasteiger partial charge in [-0.1, -0.05) is 13.3 Å². The summed E-state index contributed by atoms with van der Waals surface area (Å²) in [6.45, 7) is 9.69. The molecule has 1 aliphatic rings. The highest BCUT2D eigenvalue weighted by molar-refractivity contribution is 5.86. The Morgan fingerprint density at radius 2 is 2.04 bits per heavy atom. The third-order valence-corrected chi connectivity index (χ3v) is 4.26. The smallest absolute Gasteiger partial charge is 0.407 e. The second kappa shape index (κ2) is 9.25. The summed E-state index contributed by atoms with van der Waals surface area (Å²) in [6.07, 6.45) is 5.64. The maximum absolute atomic E-state index is 12.8. The van der Waals surface area contributed by atoms with E-state index in [1.54, 1.807) is 0 Å². The number of unbranched alkanes of at least 4 members (excludes halogenated alkanes) is 1. The number of nitrogens with zero attached hydrogens (tertiary/aromatic N) is 1. The number of hydrogen-bond donors (Lipinski definition) is 2. The van der Waals surface area contributed by atoms with Gasteiger partial charge in [0.25, 0.3) is 0 Å². The van der Waals surface area contributed by atoms with Crippen LogP contribution in [0.25, 0.3) is 0 Å². The van der Waals surface area contributed by atoms with Gasteiger partial charge in [0.05, 0.1) is 5.54 Å². The van der Waals surface area contributed by atoms with E-state index in [-0.39, 0.29) is 5.91 Å². The topological polar surface area (TPSA) is 84.7 Å². The Kier molecular flexibility index (Phi) is 8.00. The fourth-order valence-electron chi connectivity index (χ4n) is 2.97. The second-order valence-corrected chi connectivity index (χ2v) is 7.79. The number of ether oxygens (including phenoxy) is 1. The lowest BCUT2D eigenvalue weighted by Gasteiger charge is -2.32. The van der Waals surface area contributed by atoms with Gasteiger partial charge in [0.1, 0.15) is 5.60 Å². The van der Waals surface area contributed by atoms with Crippen LogP contribution in [-0.4, -0.2) is 47.7 Å². The van der Waals surface area contributed by atoms with Crippen molar-refractivity contribution in [3.8, 4) is 0 Å². The van der Waals surface area contributed by atoms with Crippen LogP contribution < -0.4 is 11.1 Å². The Morgan fingerprint density at radius 3 is 2.67 bits per heavy atom. The summed E-state index contributed by atoms with van der Waals surface area (Å²) < 4.78 is 5.20. The van der Waals surface area contributed by atoms with Crippen LogP contribution >= 0.6 is 0 Å². The largest absolute Gasteiger partial charge is 0.444 e. The molecule has 2 amide bonds. The molecule has 0 aromatic carbocycles. The van der Waals surface area contributed by atoms with E-state index < -0.39 is 17.2 Å². The minimum atomic E-state index is -0.792. The molecule has 0 spiro atoms. The Bertz CT molecular complexity index is 420. The Balaban J connectivity index is 2.45. The molecule has 1 rings (SSSR count). The highest BCUT2D eigenvalue weighted by atomic mass is 16.6. The van der Waals surface area contributed by atoms with E-state index in [0.717, 1.165) is 45.2 Å². The molecule has 1 aliphatic heterocycles. The van der Waals surface area contributed by atoms with Crippen molar-refractivity contribution in [1.29, 1.82) is 0 Å². The molecule has 6 nitrogen and oxygen atoms in total. The second-order valence-electron chi connectivity index (χ2n) is 7.79. The third-order valence-electron chi connectivity index (χ3n) is 4.26. The molecule has 0 bridgehead atoms. The lowest BCUT2D eigenvalue weighted by atomic mass is 9.88. The summed E-state index contributed by atoms with van der Waals surface area (Å²) >= 11 is 0. The first-order valence-electron chi connectivity index (χ1n) is 9.23. The van der Waals surface area contributed by atoms with Gasteiger partial charge in [-0.3, -0.25) is 4.79 Å². The number of likely N-dealkylation sites (tertiary alicyclic amines) is 1. The number of carbonyl (C=O) groups is 2. The number of amides is 2. The summed E-state index contributed by atoms with van der Waals surface area (Å²) in [4.78, 5) is 26.3. The minimum Gasteiger partial charge on any atom is -0.444 e. The average molecular weight is 341 g/mol. The van der Waals surface area contributed by atoms with E-state index in [1.807, 2.05) is 25.7 Å². The highest BCUT2D eigenvalue weighted by Gasteiger charge is 2.38. The Hall–Kier alpha value is -1.30. The van der Waals surface area contributed by atoms with Crippen LogP contribution in [0.15, 0.2) is 0 Å². The molecule has 0 radical (unpaired) electrons. The van der Waals surface area contributed by atoms with Crippen molar-refractivity contribution in [3.05, 3.63) is 0 Å². The van der Waals surface area contributed by atoms with Crippen molar-refractivity contribution in [3.63, 3.8) is 0 Å². The van der Waals surface area contributed by atoms with Gasteiger partial charge in [-0.15, -0.1) is 0 Å². The highest BCUT2D eigenvalue weighted by Crippen LogP contribution is 2.24. The van der Waals surface area contributed by atoms with Gasteiger partial charge in [0.15, 0.2) is 0 Å². The molecule has 6 heteroatoms. The van der Waals surface area contributed by atoms with Crippen molar-refractivity contribution in [2.75, 3.05) is 19.6 Å². The number of nitrogens with one attached hydrogen (secondary N) is 1. The molecule has 0 saturated carbocycles. The summed E-state index contributed by atoms with van der Waals surface area (Å²) in [6, 6.07) is 0. The fraction of sp³-hybridized carbons (Fsp3) is 0.889. The summed E-state index contributed by atoms with van der Waals surface area (Å²) in [7, 11) is 0. The summed E-state index contributed by atoms with van der Waals surface area (Å²) in [5.41, 5.74) is 5.15. The molecule has 1 saturated heterocycles. The van der Waals surface area contributed by atoms with Gasteiger partial charge in [-0.05, 0) is 59.3 Å². The van der Waals surface area contributed by atoms with Crippen LogP contribution in [0.2, 0.25) is 0 Å². The van der Waals surface area contributed by atoms with E-state index in [1.165, 1.54) is 0 Å². The zero-order valence-corrected chi connectivity index (χ0v) is 15.8. The normalized spacial score (nSPS) is 22.2. The molecule has 140 valence electrons. The molecular formula is C18H35N3O3.